The van der Waals surface area contributed by atoms with Gasteiger partial charge in [-0.3, -0.25) is 0 Å². The molecular formula is C17H27NO. The maximum atomic E-state index is 5.67. The Labute approximate surface area is 117 Å². The highest BCUT2D eigenvalue weighted by Crippen LogP contribution is 2.39. The molecule has 1 aromatic rings. The van der Waals surface area contributed by atoms with Crippen LogP contribution in [0.5, 0.6) is 5.75 Å². The zero-order valence-corrected chi connectivity index (χ0v) is 12.5. The van der Waals surface area contributed by atoms with Gasteiger partial charge >= 0.3 is 0 Å². The monoisotopic (exact) mass is 261 g/mol. The van der Waals surface area contributed by atoms with E-state index in [0.717, 1.165) is 31.2 Å². The predicted octanol–water partition coefficient (Wildman–Crippen LogP) is 4.14. The molecule has 1 fully saturated rings. The summed E-state index contributed by atoms with van der Waals surface area (Å²) < 4.78 is 5.67. The minimum absolute atomic E-state index is 0.274. The van der Waals surface area contributed by atoms with Crippen molar-refractivity contribution >= 4 is 0 Å². The van der Waals surface area contributed by atoms with Crippen LogP contribution in [-0.2, 0) is 6.54 Å². The molecule has 0 aliphatic heterocycles. The summed E-state index contributed by atoms with van der Waals surface area (Å²) in [6, 6.07) is 8.49. The average molecular weight is 261 g/mol. The van der Waals surface area contributed by atoms with Gasteiger partial charge in [-0.05, 0) is 56.7 Å². The molecule has 1 aliphatic rings. The highest BCUT2D eigenvalue weighted by atomic mass is 16.5. The van der Waals surface area contributed by atoms with E-state index in [1.54, 1.807) is 0 Å². The fourth-order valence-electron chi connectivity index (χ4n) is 2.32. The highest BCUT2D eigenvalue weighted by molar-refractivity contribution is 5.27. The Morgan fingerprint density at radius 1 is 1.21 bits per heavy atom. The van der Waals surface area contributed by atoms with Crippen LogP contribution in [0.15, 0.2) is 24.3 Å². The van der Waals surface area contributed by atoms with Gasteiger partial charge in [0.15, 0.2) is 0 Å². The van der Waals surface area contributed by atoms with Gasteiger partial charge in [-0.25, -0.2) is 0 Å². The summed E-state index contributed by atoms with van der Waals surface area (Å²) >= 11 is 0. The summed E-state index contributed by atoms with van der Waals surface area (Å²) in [6.45, 7) is 8.57. The first-order valence-corrected chi connectivity index (χ1v) is 7.58. The quantitative estimate of drug-likeness (QED) is 0.710. The van der Waals surface area contributed by atoms with Gasteiger partial charge in [-0.1, -0.05) is 25.5 Å². The van der Waals surface area contributed by atoms with E-state index in [-0.39, 0.29) is 5.54 Å². The molecule has 1 saturated carbocycles. The van der Waals surface area contributed by atoms with Gasteiger partial charge in [0.2, 0.25) is 0 Å². The maximum Gasteiger partial charge on any atom is 0.119 e. The molecule has 0 atom stereocenters. The molecule has 0 aromatic heterocycles. The fraction of sp³-hybridized carbons (Fsp3) is 0.647. The average Bonchev–Trinajstić information content (AvgIpc) is 3.23. The second-order valence-electron chi connectivity index (χ2n) is 6.20. The van der Waals surface area contributed by atoms with Crippen molar-refractivity contribution in [3.63, 3.8) is 0 Å². The van der Waals surface area contributed by atoms with Crippen LogP contribution in [0.2, 0.25) is 0 Å². The van der Waals surface area contributed by atoms with Crippen molar-refractivity contribution in [2.75, 3.05) is 6.61 Å². The maximum absolute atomic E-state index is 5.67. The van der Waals surface area contributed by atoms with E-state index in [1.165, 1.54) is 24.8 Å². The van der Waals surface area contributed by atoms with Crippen LogP contribution in [0, 0.1) is 5.92 Å². The molecule has 2 heteroatoms. The zero-order valence-electron chi connectivity index (χ0n) is 12.5. The van der Waals surface area contributed by atoms with Crippen LogP contribution in [0.3, 0.4) is 0 Å². The summed E-state index contributed by atoms with van der Waals surface area (Å²) in [5.74, 6) is 1.85. The molecule has 0 bridgehead atoms. The molecule has 1 aliphatic carbocycles. The van der Waals surface area contributed by atoms with Crippen LogP contribution < -0.4 is 10.1 Å². The third kappa shape index (κ3) is 4.54. The summed E-state index contributed by atoms with van der Waals surface area (Å²) in [5.41, 5.74) is 1.60. The lowest BCUT2D eigenvalue weighted by Crippen LogP contribution is -2.40. The van der Waals surface area contributed by atoms with E-state index < -0.39 is 0 Å². The Morgan fingerprint density at radius 2 is 1.89 bits per heavy atom. The molecule has 2 nitrogen and oxygen atoms in total. The van der Waals surface area contributed by atoms with E-state index in [2.05, 4.69) is 50.4 Å². The van der Waals surface area contributed by atoms with Crippen molar-refractivity contribution < 1.29 is 4.74 Å². The van der Waals surface area contributed by atoms with Crippen molar-refractivity contribution in [2.24, 2.45) is 5.92 Å². The minimum atomic E-state index is 0.274. The van der Waals surface area contributed by atoms with Gasteiger partial charge in [0.25, 0.3) is 0 Å². The Kier molecular flexibility index (Phi) is 4.87. The molecule has 19 heavy (non-hydrogen) atoms. The van der Waals surface area contributed by atoms with E-state index in [1.807, 2.05) is 0 Å². The Morgan fingerprint density at radius 3 is 2.47 bits per heavy atom. The minimum Gasteiger partial charge on any atom is -0.494 e. The molecule has 106 valence electrons. The van der Waals surface area contributed by atoms with Crippen LogP contribution in [0.4, 0.5) is 0 Å². The number of unbranched alkanes of at least 4 members (excludes halogenated alkanes) is 1. The summed E-state index contributed by atoms with van der Waals surface area (Å²) in [7, 11) is 0. The Balaban J connectivity index is 1.78. The lowest BCUT2D eigenvalue weighted by atomic mass is 9.98. The second kappa shape index (κ2) is 6.42. The van der Waals surface area contributed by atoms with Crippen molar-refractivity contribution in [2.45, 2.75) is 58.5 Å². The topological polar surface area (TPSA) is 21.3 Å². The summed E-state index contributed by atoms with van der Waals surface area (Å²) in [4.78, 5) is 0. The van der Waals surface area contributed by atoms with E-state index in [0.29, 0.717) is 0 Å². The molecule has 0 amide bonds. The number of ether oxygens (including phenoxy) is 1. The lowest BCUT2D eigenvalue weighted by Gasteiger charge is -2.26. The molecular weight excluding hydrogens is 234 g/mol. The number of benzene rings is 1. The normalized spacial score (nSPS) is 15.5. The first-order chi connectivity index (χ1) is 9.12. The second-order valence-corrected chi connectivity index (χ2v) is 6.20. The molecule has 2 rings (SSSR count). The van der Waals surface area contributed by atoms with Crippen molar-refractivity contribution in [1.29, 1.82) is 0 Å². The van der Waals surface area contributed by atoms with E-state index in [4.69, 9.17) is 4.74 Å². The van der Waals surface area contributed by atoms with E-state index in [9.17, 15) is 0 Å². The molecule has 1 aromatic carbocycles. The Bertz CT molecular complexity index is 379. The van der Waals surface area contributed by atoms with Crippen molar-refractivity contribution in [3.05, 3.63) is 29.8 Å². The SMILES string of the molecule is CCCCOc1ccc(CNC(C)(C)C2CC2)cc1. The van der Waals surface area contributed by atoms with Gasteiger partial charge in [-0.15, -0.1) is 0 Å². The standard InChI is InChI=1S/C17H27NO/c1-4-5-12-19-16-10-6-14(7-11-16)13-18-17(2,3)15-8-9-15/h6-7,10-11,15,18H,4-5,8-9,12-13H2,1-3H3. The largest absolute Gasteiger partial charge is 0.494 e. The first kappa shape index (κ1) is 14.4. The van der Waals surface area contributed by atoms with Gasteiger partial charge in [0, 0.05) is 12.1 Å². The number of nitrogens with one attached hydrogen (secondary N) is 1. The summed E-state index contributed by atoms with van der Waals surface area (Å²) in [6.07, 6.45) is 5.06. The molecule has 1 N–H and O–H groups in total. The fourth-order valence-corrected chi connectivity index (χ4v) is 2.32. The molecule has 0 radical (unpaired) electrons. The predicted molar refractivity (Wildman–Crippen MR) is 80.5 cm³/mol. The number of hydrogen-bond acceptors (Lipinski definition) is 2. The van der Waals surface area contributed by atoms with Crippen LogP contribution in [0.25, 0.3) is 0 Å². The molecule has 0 spiro atoms. The zero-order chi connectivity index (χ0) is 13.7. The van der Waals surface area contributed by atoms with Gasteiger partial charge in [0.1, 0.15) is 5.75 Å². The summed E-state index contributed by atoms with van der Waals surface area (Å²) in [5, 5.41) is 3.67. The molecule has 0 unspecified atom stereocenters. The van der Waals surface area contributed by atoms with Gasteiger partial charge in [0.05, 0.1) is 6.61 Å². The van der Waals surface area contributed by atoms with E-state index >= 15 is 0 Å². The van der Waals surface area contributed by atoms with Crippen molar-refractivity contribution in [3.8, 4) is 5.75 Å². The Hall–Kier alpha value is -1.02. The smallest absolute Gasteiger partial charge is 0.119 e. The number of rotatable bonds is 8. The third-order valence-electron chi connectivity index (χ3n) is 4.04. The lowest BCUT2D eigenvalue weighted by molar-refractivity contribution is 0.309. The van der Waals surface area contributed by atoms with Crippen LogP contribution in [-0.4, -0.2) is 12.1 Å². The number of hydrogen-bond donors (Lipinski definition) is 1. The first-order valence-electron chi connectivity index (χ1n) is 7.58. The van der Waals surface area contributed by atoms with Crippen LogP contribution in [0.1, 0.15) is 52.0 Å². The third-order valence-corrected chi connectivity index (χ3v) is 4.04. The molecule has 0 heterocycles. The van der Waals surface area contributed by atoms with Gasteiger partial charge in [-0.2, -0.15) is 0 Å². The van der Waals surface area contributed by atoms with Crippen molar-refractivity contribution in [1.82, 2.24) is 5.32 Å². The molecule has 0 saturated heterocycles. The van der Waals surface area contributed by atoms with Gasteiger partial charge < -0.3 is 10.1 Å². The highest BCUT2D eigenvalue weighted by Gasteiger charge is 2.36. The van der Waals surface area contributed by atoms with Crippen LogP contribution >= 0.6 is 0 Å².